The van der Waals surface area contributed by atoms with E-state index in [1.165, 1.54) is 36.9 Å². The minimum absolute atomic E-state index is 0.863. The van der Waals surface area contributed by atoms with E-state index in [1.807, 2.05) is 11.3 Å². The standard InChI is InChI=1S/C54H35NOS/c1-5-15-36(16-6-1)40-23-13-24-43(33-40)55(49-26-14-25-46-45-29-27-42(35-51(45)57-54(46)49)38-19-9-3-10-20-38)48-32-31-44(39-21-11-4-12-22-39)53-52(48)47-30-28-41(34-50(47)56-53)37-17-7-2-8-18-37/h1-35H. The van der Waals surface area contributed by atoms with Crippen molar-refractivity contribution in [2.45, 2.75) is 0 Å². The Kier molecular flexibility index (Phi) is 8.04. The largest absolute Gasteiger partial charge is 0.455 e. The van der Waals surface area contributed by atoms with Crippen molar-refractivity contribution in [2.24, 2.45) is 0 Å². The first-order chi connectivity index (χ1) is 28.3. The number of anilines is 3. The highest BCUT2D eigenvalue weighted by Crippen LogP contribution is 2.50. The SMILES string of the molecule is c1ccc(-c2cccc(N(c3cccc4c3sc3cc(-c5ccccc5)ccc34)c3ccc(-c4ccccc4)c4oc5cc(-c6ccccc6)ccc5c34)c2)cc1. The summed E-state index contributed by atoms with van der Waals surface area (Å²) in [4.78, 5) is 2.46. The highest BCUT2D eigenvalue weighted by Gasteiger charge is 2.25. The van der Waals surface area contributed by atoms with E-state index >= 15 is 0 Å². The van der Waals surface area contributed by atoms with Crippen LogP contribution in [0.15, 0.2) is 217 Å². The summed E-state index contributed by atoms with van der Waals surface area (Å²) < 4.78 is 9.53. The van der Waals surface area contributed by atoms with Gasteiger partial charge in [0.2, 0.25) is 0 Å². The van der Waals surface area contributed by atoms with Gasteiger partial charge in [-0.3, -0.25) is 0 Å². The van der Waals surface area contributed by atoms with Crippen molar-refractivity contribution in [3.63, 3.8) is 0 Å². The number of rotatable bonds is 7. The van der Waals surface area contributed by atoms with Crippen LogP contribution in [0.2, 0.25) is 0 Å². The predicted octanol–water partition coefficient (Wildman–Crippen LogP) is 16.1. The van der Waals surface area contributed by atoms with Gasteiger partial charge in [0.05, 0.1) is 21.5 Å². The minimum atomic E-state index is 0.863. The Morgan fingerprint density at radius 1 is 0.368 bits per heavy atom. The maximum atomic E-state index is 7.02. The average Bonchev–Trinajstić information content (AvgIpc) is 3.87. The van der Waals surface area contributed by atoms with Crippen LogP contribution in [-0.2, 0) is 0 Å². The van der Waals surface area contributed by atoms with E-state index in [1.54, 1.807) is 0 Å². The zero-order valence-electron chi connectivity index (χ0n) is 31.0. The fourth-order valence-corrected chi connectivity index (χ4v) is 9.58. The molecule has 0 radical (unpaired) electrons. The molecule has 0 amide bonds. The topological polar surface area (TPSA) is 16.4 Å². The summed E-state index contributed by atoms with van der Waals surface area (Å²) >= 11 is 1.86. The van der Waals surface area contributed by atoms with Crippen LogP contribution in [0.4, 0.5) is 17.1 Å². The third-order valence-electron chi connectivity index (χ3n) is 11.1. The molecule has 0 saturated heterocycles. The molecule has 0 N–H and O–H groups in total. The Labute approximate surface area is 335 Å². The summed E-state index contributed by atoms with van der Waals surface area (Å²) in [6.45, 7) is 0. The Hall–Kier alpha value is -7.20. The van der Waals surface area contributed by atoms with Gasteiger partial charge in [0, 0.05) is 32.1 Å². The van der Waals surface area contributed by atoms with E-state index < -0.39 is 0 Å². The highest BCUT2D eigenvalue weighted by atomic mass is 32.1. The molecule has 0 fully saturated rings. The van der Waals surface area contributed by atoms with E-state index in [4.69, 9.17) is 4.42 Å². The number of thiophene rings is 1. The smallest absolute Gasteiger partial charge is 0.145 e. The lowest BCUT2D eigenvalue weighted by Crippen LogP contribution is -2.10. The van der Waals surface area contributed by atoms with Gasteiger partial charge in [-0.25, -0.2) is 0 Å². The van der Waals surface area contributed by atoms with Crippen molar-refractivity contribution in [2.75, 3.05) is 4.90 Å². The lowest BCUT2D eigenvalue weighted by atomic mass is 9.98. The molecule has 0 aliphatic heterocycles. The van der Waals surface area contributed by atoms with Gasteiger partial charge in [-0.1, -0.05) is 164 Å². The second-order valence-electron chi connectivity index (χ2n) is 14.5. The molecule has 0 unspecified atom stereocenters. The first-order valence-electron chi connectivity index (χ1n) is 19.3. The molecule has 9 aromatic carbocycles. The highest BCUT2D eigenvalue weighted by molar-refractivity contribution is 7.26. The van der Waals surface area contributed by atoms with Crippen molar-refractivity contribution >= 4 is 70.5 Å². The Bertz CT molecular complexity index is 3220. The molecule has 11 aromatic rings. The molecule has 2 heterocycles. The van der Waals surface area contributed by atoms with Crippen LogP contribution in [0.3, 0.4) is 0 Å². The van der Waals surface area contributed by atoms with Crippen LogP contribution in [0, 0.1) is 0 Å². The number of hydrogen-bond acceptors (Lipinski definition) is 3. The lowest BCUT2D eigenvalue weighted by molar-refractivity contribution is 0.670. The summed E-state index contributed by atoms with van der Waals surface area (Å²) in [6, 6.07) is 76.2. The molecule has 11 rings (SSSR count). The molecule has 2 nitrogen and oxygen atoms in total. The van der Waals surface area contributed by atoms with Gasteiger partial charge < -0.3 is 9.32 Å². The van der Waals surface area contributed by atoms with Gasteiger partial charge in [-0.05, 0) is 87.5 Å². The normalized spacial score (nSPS) is 11.5. The third kappa shape index (κ3) is 5.80. The van der Waals surface area contributed by atoms with E-state index in [0.29, 0.717) is 0 Å². The summed E-state index contributed by atoms with van der Waals surface area (Å²) in [5, 5.41) is 4.68. The minimum Gasteiger partial charge on any atom is -0.455 e. The number of hydrogen-bond donors (Lipinski definition) is 0. The van der Waals surface area contributed by atoms with Crippen molar-refractivity contribution in [1.29, 1.82) is 0 Å². The van der Waals surface area contributed by atoms with Gasteiger partial charge in [-0.15, -0.1) is 11.3 Å². The summed E-state index contributed by atoms with van der Waals surface area (Å²) in [6.07, 6.45) is 0. The second-order valence-corrected chi connectivity index (χ2v) is 15.5. The van der Waals surface area contributed by atoms with Crippen LogP contribution in [0.25, 0.3) is 86.6 Å². The number of nitrogens with zero attached hydrogens (tertiary/aromatic N) is 1. The van der Waals surface area contributed by atoms with Gasteiger partial charge in [-0.2, -0.15) is 0 Å². The molecule has 0 bridgehead atoms. The summed E-state index contributed by atoms with van der Waals surface area (Å²) in [5.41, 5.74) is 14.3. The third-order valence-corrected chi connectivity index (χ3v) is 12.3. The Morgan fingerprint density at radius 2 is 0.930 bits per heavy atom. The first-order valence-corrected chi connectivity index (χ1v) is 20.1. The van der Waals surface area contributed by atoms with E-state index in [2.05, 4.69) is 217 Å². The van der Waals surface area contributed by atoms with Gasteiger partial charge in [0.25, 0.3) is 0 Å². The molecule has 3 heteroatoms. The molecule has 57 heavy (non-hydrogen) atoms. The van der Waals surface area contributed by atoms with Crippen LogP contribution in [0.5, 0.6) is 0 Å². The second kappa shape index (κ2) is 13.8. The number of furan rings is 1. The molecule has 0 spiro atoms. The number of fused-ring (bicyclic) bond motifs is 6. The molecule has 0 aliphatic rings. The molecular weight excluding hydrogens is 711 g/mol. The molecule has 268 valence electrons. The first kappa shape index (κ1) is 33.2. The maximum Gasteiger partial charge on any atom is 0.145 e. The molecule has 0 saturated carbocycles. The van der Waals surface area contributed by atoms with Crippen LogP contribution < -0.4 is 4.90 Å². The van der Waals surface area contributed by atoms with Crippen LogP contribution in [0.1, 0.15) is 0 Å². The van der Waals surface area contributed by atoms with E-state index in [-0.39, 0.29) is 0 Å². The average molecular weight is 746 g/mol. The fraction of sp³-hybridized carbons (Fsp3) is 0. The predicted molar refractivity (Wildman–Crippen MR) is 243 cm³/mol. The number of benzene rings is 9. The molecule has 0 aliphatic carbocycles. The van der Waals surface area contributed by atoms with Crippen molar-refractivity contribution in [3.8, 4) is 44.5 Å². The van der Waals surface area contributed by atoms with Crippen molar-refractivity contribution < 1.29 is 4.42 Å². The molecule has 0 atom stereocenters. The van der Waals surface area contributed by atoms with Crippen LogP contribution >= 0.6 is 11.3 Å². The Balaban J connectivity index is 1.20. The molecule has 2 aromatic heterocycles. The zero-order valence-corrected chi connectivity index (χ0v) is 31.8. The van der Waals surface area contributed by atoms with E-state index in [0.717, 1.165) is 66.8 Å². The van der Waals surface area contributed by atoms with Crippen molar-refractivity contribution in [1.82, 2.24) is 0 Å². The van der Waals surface area contributed by atoms with E-state index in [9.17, 15) is 0 Å². The lowest BCUT2D eigenvalue weighted by Gasteiger charge is -2.27. The zero-order chi connectivity index (χ0) is 37.7. The van der Waals surface area contributed by atoms with Crippen LogP contribution in [-0.4, -0.2) is 0 Å². The fourth-order valence-electron chi connectivity index (χ4n) is 8.34. The van der Waals surface area contributed by atoms with Gasteiger partial charge in [0.15, 0.2) is 0 Å². The Morgan fingerprint density at radius 3 is 1.60 bits per heavy atom. The van der Waals surface area contributed by atoms with Crippen molar-refractivity contribution in [3.05, 3.63) is 212 Å². The quantitative estimate of drug-likeness (QED) is 0.162. The molecular formula is C54H35NOS. The monoisotopic (exact) mass is 745 g/mol. The maximum absolute atomic E-state index is 7.02. The van der Waals surface area contributed by atoms with Gasteiger partial charge >= 0.3 is 0 Å². The summed E-state index contributed by atoms with van der Waals surface area (Å²) in [5.74, 6) is 0. The van der Waals surface area contributed by atoms with Gasteiger partial charge in [0.1, 0.15) is 11.2 Å². The summed E-state index contributed by atoms with van der Waals surface area (Å²) in [7, 11) is 0.